The van der Waals surface area contributed by atoms with Gasteiger partial charge in [0.1, 0.15) is 11.7 Å². The summed E-state index contributed by atoms with van der Waals surface area (Å²) in [6, 6.07) is 17.3. The second-order valence-electron chi connectivity index (χ2n) is 7.09. The fourth-order valence-electron chi connectivity index (χ4n) is 3.82. The summed E-state index contributed by atoms with van der Waals surface area (Å²) in [6.07, 6.45) is 4.71. The van der Waals surface area contributed by atoms with Crippen LogP contribution in [0.4, 0.5) is 0 Å². The molecule has 1 fully saturated rings. The molecule has 138 valence electrons. The molecule has 0 saturated heterocycles. The molecule has 3 rings (SSSR count). The monoisotopic (exact) mass is 354 g/mol. The average molecular weight is 354 g/mol. The minimum Gasteiger partial charge on any atom is -0.493 e. The van der Waals surface area contributed by atoms with E-state index in [4.69, 9.17) is 4.74 Å². The van der Waals surface area contributed by atoms with Crippen LogP contribution in [0.3, 0.4) is 0 Å². The summed E-state index contributed by atoms with van der Waals surface area (Å²) in [7, 11) is 0. The Balaban J connectivity index is 1.64. The number of ether oxygens (including phenoxy) is 1. The van der Waals surface area contributed by atoms with E-state index in [1.54, 1.807) is 24.3 Å². The summed E-state index contributed by atoms with van der Waals surface area (Å²) in [5.41, 5.74) is 0.701. The smallest absolute Gasteiger partial charge is 0.313 e. The zero-order valence-electron chi connectivity index (χ0n) is 14.9. The van der Waals surface area contributed by atoms with Gasteiger partial charge in [0.05, 0.1) is 12.2 Å². The molecular weight excluding hydrogens is 328 g/mol. The molecule has 2 N–H and O–H groups in total. The number of carboxylic acid groups (broad SMARTS) is 1. The third-order valence-electron chi connectivity index (χ3n) is 5.22. The van der Waals surface area contributed by atoms with Crippen LogP contribution in [-0.2, 0) is 11.2 Å². The highest BCUT2D eigenvalue weighted by Gasteiger charge is 2.43. The first kappa shape index (κ1) is 18.5. The van der Waals surface area contributed by atoms with Crippen LogP contribution in [-0.4, -0.2) is 28.4 Å². The largest absolute Gasteiger partial charge is 0.493 e. The third kappa shape index (κ3) is 4.44. The molecule has 1 atom stereocenters. The molecule has 0 heterocycles. The Morgan fingerprint density at radius 3 is 2.27 bits per heavy atom. The molecule has 26 heavy (non-hydrogen) atoms. The van der Waals surface area contributed by atoms with Crippen LogP contribution in [0.15, 0.2) is 54.6 Å². The normalized spacial score (nSPS) is 17.4. The average Bonchev–Trinajstić information content (AvgIpc) is 2.64. The molecule has 1 aliphatic rings. The van der Waals surface area contributed by atoms with Crippen molar-refractivity contribution in [2.75, 3.05) is 6.61 Å². The van der Waals surface area contributed by atoms with E-state index in [1.165, 1.54) is 5.56 Å². The SMILES string of the molecule is O=C(O)C(c1ccc(OCCc2ccccc2)cc1)C1(O)CCCCC1. The molecule has 4 nitrogen and oxygen atoms in total. The highest BCUT2D eigenvalue weighted by atomic mass is 16.5. The van der Waals surface area contributed by atoms with Crippen LogP contribution in [0.1, 0.15) is 49.1 Å². The Labute approximate surface area is 154 Å². The van der Waals surface area contributed by atoms with Gasteiger partial charge in [0.25, 0.3) is 0 Å². The van der Waals surface area contributed by atoms with Gasteiger partial charge in [0, 0.05) is 6.42 Å². The molecule has 1 unspecified atom stereocenters. The van der Waals surface area contributed by atoms with Crippen molar-refractivity contribution in [1.29, 1.82) is 0 Å². The van der Waals surface area contributed by atoms with E-state index in [2.05, 4.69) is 12.1 Å². The zero-order valence-corrected chi connectivity index (χ0v) is 14.9. The molecule has 2 aromatic carbocycles. The van der Waals surface area contributed by atoms with Gasteiger partial charge in [-0.15, -0.1) is 0 Å². The topological polar surface area (TPSA) is 66.8 Å². The number of aliphatic hydroxyl groups is 1. The summed E-state index contributed by atoms with van der Waals surface area (Å²) in [5.74, 6) is -1.14. The molecule has 0 spiro atoms. The second kappa shape index (κ2) is 8.37. The second-order valence-corrected chi connectivity index (χ2v) is 7.09. The maximum Gasteiger partial charge on any atom is 0.313 e. The molecule has 0 aromatic heterocycles. The first-order valence-corrected chi connectivity index (χ1v) is 9.30. The Hall–Kier alpha value is -2.33. The molecule has 0 bridgehead atoms. The number of hydrogen-bond donors (Lipinski definition) is 2. The lowest BCUT2D eigenvalue weighted by Gasteiger charge is -2.37. The molecule has 0 aliphatic heterocycles. The summed E-state index contributed by atoms with van der Waals surface area (Å²) in [4.78, 5) is 11.8. The maximum absolute atomic E-state index is 11.8. The zero-order chi connectivity index (χ0) is 18.4. The van der Waals surface area contributed by atoms with E-state index in [9.17, 15) is 15.0 Å². The van der Waals surface area contributed by atoms with Crippen molar-refractivity contribution in [2.45, 2.75) is 50.0 Å². The molecule has 0 amide bonds. The third-order valence-corrected chi connectivity index (χ3v) is 5.22. The minimum absolute atomic E-state index is 0.541. The highest BCUT2D eigenvalue weighted by molar-refractivity contribution is 5.78. The van der Waals surface area contributed by atoms with E-state index in [-0.39, 0.29) is 0 Å². The number of carbonyl (C=O) groups is 1. The van der Waals surface area contributed by atoms with Gasteiger partial charge in [-0.2, -0.15) is 0 Å². The number of benzene rings is 2. The number of aliphatic carboxylic acids is 1. The Bertz CT molecular complexity index is 703. The van der Waals surface area contributed by atoms with Gasteiger partial charge in [-0.3, -0.25) is 4.79 Å². The van der Waals surface area contributed by atoms with E-state index < -0.39 is 17.5 Å². The van der Waals surface area contributed by atoms with Crippen molar-refractivity contribution in [3.8, 4) is 5.75 Å². The Morgan fingerprint density at radius 1 is 1.00 bits per heavy atom. The van der Waals surface area contributed by atoms with Crippen LogP contribution in [0, 0.1) is 0 Å². The van der Waals surface area contributed by atoms with Crippen LogP contribution in [0.25, 0.3) is 0 Å². The standard InChI is InChI=1S/C22H26O4/c23-21(24)20(22(25)14-5-2-6-15-22)18-9-11-19(12-10-18)26-16-13-17-7-3-1-4-8-17/h1,3-4,7-12,20,25H,2,5-6,13-16H2,(H,23,24). The fourth-order valence-corrected chi connectivity index (χ4v) is 3.82. The lowest BCUT2D eigenvalue weighted by atomic mass is 9.73. The van der Waals surface area contributed by atoms with Gasteiger partial charge in [0.2, 0.25) is 0 Å². The van der Waals surface area contributed by atoms with Crippen LogP contribution >= 0.6 is 0 Å². The number of carboxylic acids is 1. The lowest BCUT2D eigenvalue weighted by Crippen LogP contribution is -2.42. The summed E-state index contributed by atoms with van der Waals surface area (Å²) < 4.78 is 5.77. The van der Waals surface area contributed by atoms with Gasteiger partial charge in [-0.25, -0.2) is 0 Å². The molecular formula is C22H26O4. The van der Waals surface area contributed by atoms with Gasteiger partial charge in [0.15, 0.2) is 0 Å². The van der Waals surface area contributed by atoms with Crippen molar-refractivity contribution in [2.24, 2.45) is 0 Å². The predicted octanol–water partition coefficient (Wildman–Crippen LogP) is 4.17. The minimum atomic E-state index is -1.15. The molecule has 2 aromatic rings. The van der Waals surface area contributed by atoms with Gasteiger partial charge < -0.3 is 14.9 Å². The van der Waals surface area contributed by atoms with E-state index in [0.717, 1.165) is 25.7 Å². The van der Waals surface area contributed by atoms with E-state index >= 15 is 0 Å². The number of hydrogen-bond acceptors (Lipinski definition) is 3. The molecule has 1 saturated carbocycles. The van der Waals surface area contributed by atoms with Gasteiger partial charge >= 0.3 is 5.97 Å². The number of rotatable bonds is 7. The predicted molar refractivity (Wildman–Crippen MR) is 100 cm³/mol. The summed E-state index contributed by atoms with van der Waals surface area (Å²) >= 11 is 0. The van der Waals surface area contributed by atoms with E-state index in [0.29, 0.717) is 30.8 Å². The van der Waals surface area contributed by atoms with Crippen LogP contribution in [0.2, 0.25) is 0 Å². The Morgan fingerprint density at radius 2 is 1.65 bits per heavy atom. The first-order chi connectivity index (χ1) is 12.6. The summed E-state index contributed by atoms with van der Waals surface area (Å²) in [6.45, 7) is 0.565. The van der Waals surface area contributed by atoms with Crippen LogP contribution < -0.4 is 4.74 Å². The quantitative estimate of drug-likeness (QED) is 0.783. The molecule has 4 heteroatoms. The summed E-state index contributed by atoms with van der Waals surface area (Å²) in [5, 5.41) is 20.6. The van der Waals surface area contributed by atoms with Crippen molar-refractivity contribution in [3.63, 3.8) is 0 Å². The van der Waals surface area contributed by atoms with Crippen LogP contribution in [0.5, 0.6) is 5.75 Å². The molecule has 0 radical (unpaired) electrons. The highest BCUT2D eigenvalue weighted by Crippen LogP contribution is 2.40. The maximum atomic E-state index is 11.8. The Kier molecular flexibility index (Phi) is 5.94. The molecule has 1 aliphatic carbocycles. The first-order valence-electron chi connectivity index (χ1n) is 9.30. The van der Waals surface area contributed by atoms with Crippen molar-refractivity contribution < 1.29 is 19.7 Å². The van der Waals surface area contributed by atoms with Crippen molar-refractivity contribution in [1.82, 2.24) is 0 Å². The lowest BCUT2D eigenvalue weighted by molar-refractivity contribution is -0.147. The van der Waals surface area contributed by atoms with E-state index in [1.807, 2.05) is 18.2 Å². The van der Waals surface area contributed by atoms with Crippen molar-refractivity contribution >= 4 is 5.97 Å². The van der Waals surface area contributed by atoms with Crippen molar-refractivity contribution in [3.05, 3.63) is 65.7 Å². The fraction of sp³-hybridized carbons (Fsp3) is 0.409. The van der Waals surface area contributed by atoms with Gasteiger partial charge in [-0.05, 0) is 36.1 Å². The van der Waals surface area contributed by atoms with Gasteiger partial charge in [-0.1, -0.05) is 61.7 Å².